The molecule has 10 nitrogen and oxygen atoms in total. The minimum atomic E-state index is -0.730. The largest absolute Gasteiger partial charge is 0.423 e. The highest BCUT2D eigenvalue weighted by Crippen LogP contribution is 2.27. The van der Waals surface area contributed by atoms with Crippen LogP contribution < -0.4 is 9.47 Å². The summed E-state index contributed by atoms with van der Waals surface area (Å²) in [5, 5.41) is 0. The second-order valence-corrected chi connectivity index (χ2v) is 8.48. The first-order valence-corrected chi connectivity index (χ1v) is 11.8. The van der Waals surface area contributed by atoms with Crippen LogP contribution in [-0.4, -0.2) is 58.5 Å². The zero-order valence-electron chi connectivity index (χ0n) is 20.3. The molecule has 0 saturated heterocycles. The van der Waals surface area contributed by atoms with E-state index in [1.165, 1.54) is 60.7 Å². The highest BCUT2D eigenvalue weighted by atomic mass is 16.5. The van der Waals surface area contributed by atoms with Crippen molar-refractivity contribution in [3.8, 4) is 11.5 Å². The molecule has 4 amide bonds. The Kier molecular flexibility index (Phi) is 6.08. The fraction of sp³-hybridized carbons (Fsp3) is 0.143. The van der Waals surface area contributed by atoms with E-state index in [0.29, 0.717) is 0 Å². The van der Waals surface area contributed by atoms with Crippen LogP contribution in [0.5, 0.6) is 11.5 Å². The normalized spacial score (nSPS) is 14.1. The summed E-state index contributed by atoms with van der Waals surface area (Å²) in [6.07, 6.45) is 0. The average Bonchev–Trinajstić information content (AvgIpc) is 3.32. The summed E-state index contributed by atoms with van der Waals surface area (Å²) >= 11 is 0. The molecule has 2 aliphatic heterocycles. The SMILES string of the molecule is CCN1C(=O)c2ccc(C(=O)Oc3ccc(OC(=O)c4ccc5c(c4)C(=O)N(CC)C5=O)cc3)cc2C1=O. The standard InChI is InChI=1S/C28H20N2O8/c1-3-29-23(31)19-11-5-15(13-21(19)25(29)33)27(35)37-17-7-9-18(10-8-17)38-28(36)16-6-12-20-22(14-16)26(34)30(4-2)24(20)32/h5-14H,3-4H2,1-2H3. The van der Waals surface area contributed by atoms with E-state index >= 15 is 0 Å². The molecule has 3 aromatic rings. The first-order chi connectivity index (χ1) is 18.2. The molecule has 38 heavy (non-hydrogen) atoms. The van der Waals surface area contributed by atoms with Crippen molar-refractivity contribution in [2.45, 2.75) is 13.8 Å². The van der Waals surface area contributed by atoms with Crippen LogP contribution in [0.25, 0.3) is 0 Å². The summed E-state index contributed by atoms with van der Waals surface area (Å²) in [6, 6.07) is 14.0. The molecular formula is C28H20N2O8. The number of esters is 2. The Bertz CT molecular complexity index is 1440. The lowest BCUT2D eigenvalue weighted by atomic mass is 10.1. The number of hydrogen-bond donors (Lipinski definition) is 0. The third-order valence-corrected chi connectivity index (χ3v) is 6.29. The molecule has 0 unspecified atom stereocenters. The van der Waals surface area contributed by atoms with Gasteiger partial charge in [-0.15, -0.1) is 0 Å². The zero-order chi connectivity index (χ0) is 27.1. The Balaban J connectivity index is 1.25. The third-order valence-electron chi connectivity index (χ3n) is 6.29. The van der Waals surface area contributed by atoms with Crippen LogP contribution in [0, 0.1) is 0 Å². The number of carbonyl (C=O) groups excluding carboxylic acids is 6. The van der Waals surface area contributed by atoms with E-state index in [1.807, 2.05) is 0 Å². The summed E-state index contributed by atoms with van der Waals surface area (Å²) in [6.45, 7) is 3.83. The van der Waals surface area contributed by atoms with Crippen LogP contribution >= 0.6 is 0 Å². The molecule has 0 aromatic heterocycles. The van der Waals surface area contributed by atoms with Crippen molar-refractivity contribution >= 4 is 35.6 Å². The van der Waals surface area contributed by atoms with Gasteiger partial charge in [-0.1, -0.05) is 0 Å². The van der Waals surface area contributed by atoms with Gasteiger partial charge in [0.1, 0.15) is 11.5 Å². The maximum Gasteiger partial charge on any atom is 0.343 e. The Morgan fingerprint density at radius 2 is 0.895 bits per heavy atom. The highest BCUT2D eigenvalue weighted by molar-refractivity contribution is 6.22. The fourth-order valence-electron chi connectivity index (χ4n) is 4.32. The minimum absolute atomic E-state index is 0.102. The van der Waals surface area contributed by atoms with E-state index in [9.17, 15) is 28.8 Å². The van der Waals surface area contributed by atoms with Crippen molar-refractivity contribution in [1.29, 1.82) is 0 Å². The van der Waals surface area contributed by atoms with Gasteiger partial charge in [0.25, 0.3) is 23.6 Å². The number of benzene rings is 3. The molecule has 0 N–H and O–H groups in total. The molecule has 0 aliphatic carbocycles. The number of ether oxygens (including phenoxy) is 2. The molecule has 0 spiro atoms. The van der Waals surface area contributed by atoms with E-state index in [-0.39, 0.29) is 58.0 Å². The number of rotatable bonds is 6. The van der Waals surface area contributed by atoms with Crippen LogP contribution in [0.4, 0.5) is 0 Å². The number of imide groups is 2. The van der Waals surface area contributed by atoms with Gasteiger partial charge in [-0.2, -0.15) is 0 Å². The molecule has 0 bridgehead atoms. The molecular weight excluding hydrogens is 492 g/mol. The van der Waals surface area contributed by atoms with Gasteiger partial charge >= 0.3 is 11.9 Å². The molecule has 0 atom stereocenters. The van der Waals surface area contributed by atoms with E-state index in [1.54, 1.807) is 13.8 Å². The summed E-state index contributed by atoms with van der Waals surface area (Å²) in [7, 11) is 0. The second kappa shape index (κ2) is 9.40. The van der Waals surface area contributed by atoms with E-state index in [2.05, 4.69) is 0 Å². The Labute approximate surface area is 216 Å². The van der Waals surface area contributed by atoms with Gasteiger partial charge in [-0.3, -0.25) is 29.0 Å². The Morgan fingerprint density at radius 1 is 0.553 bits per heavy atom. The molecule has 2 aliphatic rings. The highest BCUT2D eigenvalue weighted by Gasteiger charge is 2.36. The quantitative estimate of drug-likeness (QED) is 0.280. The van der Waals surface area contributed by atoms with Crippen molar-refractivity contribution in [1.82, 2.24) is 9.80 Å². The Morgan fingerprint density at radius 3 is 1.24 bits per heavy atom. The smallest absolute Gasteiger partial charge is 0.343 e. The van der Waals surface area contributed by atoms with Crippen molar-refractivity contribution in [3.05, 3.63) is 94.0 Å². The van der Waals surface area contributed by atoms with Gasteiger partial charge in [0.15, 0.2) is 0 Å². The van der Waals surface area contributed by atoms with Gasteiger partial charge in [0, 0.05) is 13.1 Å². The molecule has 0 radical (unpaired) electrons. The summed E-state index contributed by atoms with van der Waals surface area (Å²) in [4.78, 5) is 76.7. The lowest BCUT2D eigenvalue weighted by Gasteiger charge is -2.09. The first kappa shape index (κ1) is 24.6. The van der Waals surface area contributed by atoms with Crippen molar-refractivity contribution in [2.24, 2.45) is 0 Å². The van der Waals surface area contributed by atoms with Crippen molar-refractivity contribution in [3.63, 3.8) is 0 Å². The molecule has 0 fully saturated rings. The topological polar surface area (TPSA) is 127 Å². The first-order valence-electron chi connectivity index (χ1n) is 11.8. The minimum Gasteiger partial charge on any atom is -0.423 e. The van der Waals surface area contributed by atoms with Gasteiger partial charge in [0.05, 0.1) is 33.4 Å². The predicted molar refractivity (Wildman–Crippen MR) is 131 cm³/mol. The van der Waals surface area contributed by atoms with Crippen LogP contribution in [-0.2, 0) is 0 Å². The van der Waals surface area contributed by atoms with Crippen LogP contribution in [0.15, 0.2) is 60.7 Å². The van der Waals surface area contributed by atoms with E-state index in [0.717, 1.165) is 9.80 Å². The van der Waals surface area contributed by atoms with Gasteiger partial charge in [-0.05, 0) is 74.5 Å². The number of carbonyl (C=O) groups is 6. The number of hydrogen-bond acceptors (Lipinski definition) is 8. The number of amides is 4. The van der Waals surface area contributed by atoms with Gasteiger partial charge in [-0.25, -0.2) is 9.59 Å². The molecule has 2 heterocycles. The molecule has 0 saturated carbocycles. The average molecular weight is 512 g/mol. The third kappa shape index (κ3) is 4.01. The van der Waals surface area contributed by atoms with Crippen molar-refractivity contribution in [2.75, 3.05) is 13.1 Å². The molecule has 5 rings (SSSR count). The van der Waals surface area contributed by atoms with E-state index < -0.39 is 35.6 Å². The lowest BCUT2D eigenvalue weighted by Crippen LogP contribution is -2.29. The van der Waals surface area contributed by atoms with E-state index in [4.69, 9.17) is 9.47 Å². The maximum atomic E-state index is 12.6. The number of fused-ring (bicyclic) bond motifs is 2. The lowest BCUT2D eigenvalue weighted by molar-refractivity contribution is 0.0647. The second-order valence-electron chi connectivity index (χ2n) is 8.48. The van der Waals surface area contributed by atoms with Crippen LogP contribution in [0.2, 0.25) is 0 Å². The molecule has 190 valence electrons. The number of nitrogens with zero attached hydrogens (tertiary/aromatic N) is 2. The Hall–Kier alpha value is -5.12. The van der Waals surface area contributed by atoms with Crippen molar-refractivity contribution < 1.29 is 38.2 Å². The fourth-order valence-corrected chi connectivity index (χ4v) is 4.32. The summed E-state index contributed by atoms with van der Waals surface area (Å²) in [5.41, 5.74) is 0.972. The van der Waals surface area contributed by atoms with Crippen LogP contribution in [0.3, 0.4) is 0 Å². The maximum absolute atomic E-state index is 12.6. The summed E-state index contributed by atoms with van der Waals surface area (Å²) < 4.78 is 10.7. The van der Waals surface area contributed by atoms with Gasteiger partial charge in [0.2, 0.25) is 0 Å². The zero-order valence-corrected chi connectivity index (χ0v) is 20.3. The van der Waals surface area contributed by atoms with Crippen LogP contribution in [0.1, 0.15) is 76.0 Å². The van der Waals surface area contributed by atoms with Gasteiger partial charge < -0.3 is 9.47 Å². The molecule has 3 aromatic carbocycles. The monoisotopic (exact) mass is 512 g/mol. The summed E-state index contributed by atoms with van der Waals surface area (Å²) in [5.74, 6) is -2.87. The molecule has 10 heteroatoms. The predicted octanol–water partition coefficient (Wildman–Crippen LogP) is 3.36.